The molecule has 0 aromatic carbocycles. The van der Waals surface area contributed by atoms with E-state index >= 15 is 0 Å². The first-order valence-corrected chi connectivity index (χ1v) is 7.86. The van der Waals surface area contributed by atoms with Gasteiger partial charge in [0.15, 0.2) is 0 Å². The highest BCUT2D eigenvalue weighted by Crippen LogP contribution is 2.31. The summed E-state index contributed by atoms with van der Waals surface area (Å²) in [4.78, 5) is 9.29. The Labute approximate surface area is 122 Å². The molecule has 1 saturated carbocycles. The lowest BCUT2D eigenvalue weighted by molar-refractivity contribution is 0.0842. The summed E-state index contributed by atoms with van der Waals surface area (Å²) in [7, 11) is 0. The molecular formula is C16H26N4. The van der Waals surface area contributed by atoms with Crippen molar-refractivity contribution in [3.63, 3.8) is 0 Å². The highest BCUT2D eigenvalue weighted by Gasteiger charge is 2.30. The van der Waals surface area contributed by atoms with Crippen LogP contribution in [0.3, 0.4) is 0 Å². The molecular weight excluding hydrogens is 248 g/mol. The molecule has 0 spiro atoms. The summed E-state index contributed by atoms with van der Waals surface area (Å²) >= 11 is 0. The molecule has 0 amide bonds. The van der Waals surface area contributed by atoms with Crippen molar-refractivity contribution in [1.82, 2.24) is 14.8 Å². The number of hydrogen-bond donors (Lipinski definition) is 1. The quantitative estimate of drug-likeness (QED) is 0.884. The second kappa shape index (κ2) is 6.20. The zero-order valence-corrected chi connectivity index (χ0v) is 12.4. The van der Waals surface area contributed by atoms with E-state index < -0.39 is 0 Å². The van der Waals surface area contributed by atoms with Crippen LogP contribution in [0.2, 0.25) is 0 Å². The molecule has 0 bridgehead atoms. The van der Waals surface area contributed by atoms with Gasteiger partial charge in [-0.3, -0.25) is 9.88 Å². The van der Waals surface area contributed by atoms with Crippen molar-refractivity contribution in [2.75, 3.05) is 32.7 Å². The molecule has 0 radical (unpaired) electrons. The molecule has 1 aliphatic heterocycles. The van der Waals surface area contributed by atoms with Gasteiger partial charge in [0.1, 0.15) is 0 Å². The third-order valence-electron chi connectivity index (χ3n) is 4.56. The largest absolute Gasteiger partial charge is 0.326 e. The van der Waals surface area contributed by atoms with Crippen molar-refractivity contribution in [2.24, 2.45) is 11.7 Å². The van der Waals surface area contributed by atoms with E-state index in [1.807, 2.05) is 12.4 Å². The predicted octanol–water partition coefficient (Wildman–Crippen LogP) is 1.50. The van der Waals surface area contributed by atoms with Gasteiger partial charge in [0, 0.05) is 57.2 Å². The minimum absolute atomic E-state index is 0.146. The molecule has 2 atom stereocenters. The Hall–Kier alpha value is -0.970. The highest BCUT2D eigenvalue weighted by atomic mass is 15.3. The molecule has 2 aliphatic rings. The summed E-state index contributed by atoms with van der Waals surface area (Å²) < 4.78 is 0. The maximum Gasteiger partial charge on any atom is 0.0498 e. The van der Waals surface area contributed by atoms with Crippen LogP contribution in [-0.2, 0) is 0 Å². The minimum atomic E-state index is 0.146. The average molecular weight is 274 g/mol. The monoisotopic (exact) mass is 274 g/mol. The van der Waals surface area contributed by atoms with Gasteiger partial charge in [0.2, 0.25) is 0 Å². The molecule has 1 aromatic heterocycles. The van der Waals surface area contributed by atoms with E-state index in [0.29, 0.717) is 6.04 Å². The van der Waals surface area contributed by atoms with E-state index in [0.717, 1.165) is 19.0 Å². The number of piperazine rings is 1. The van der Waals surface area contributed by atoms with Crippen LogP contribution in [0.1, 0.15) is 31.4 Å². The fourth-order valence-electron chi connectivity index (χ4n) is 3.30. The van der Waals surface area contributed by atoms with Crippen molar-refractivity contribution < 1.29 is 0 Å². The van der Waals surface area contributed by atoms with Gasteiger partial charge < -0.3 is 10.6 Å². The average Bonchev–Trinajstić information content (AvgIpc) is 3.26. The normalized spacial score (nSPS) is 24.5. The molecule has 4 heteroatoms. The van der Waals surface area contributed by atoms with Crippen LogP contribution in [0, 0.1) is 5.92 Å². The second-order valence-corrected chi connectivity index (χ2v) is 6.36. The zero-order chi connectivity index (χ0) is 13.9. The lowest BCUT2D eigenvalue weighted by atomic mass is 9.99. The van der Waals surface area contributed by atoms with Gasteiger partial charge in [-0.1, -0.05) is 0 Å². The summed E-state index contributed by atoms with van der Waals surface area (Å²) in [5.74, 6) is 0.992. The van der Waals surface area contributed by atoms with Crippen LogP contribution in [0.5, 0.6) is 0 Å². The van der Waals surface area contributed by atoms with E-state index in [-0.39, 0.29) is 6.04 Å². The number of nitrogens with two attached hydrogens (primary N) is 1. The standard InChI is InChI=1S/C16H26N4/c1-13(17)16(15-4-6-18-7-5-15)20-10-8-19(9-11-20)12-14-2-3-14/h4-7,13-14,16H,2-3,8-12,17H2,1H3. The Bertz CT molecular complexity index is 408. The van der Waals surface area contributed by atoms with Gasteiger partial charge in [-0.25, -0.2) is 0 Å². The number of pyridine rings is 1. The van der Waals surface area contributed by atoms with Gasteiger partial charge in [-0.15, -0.1) is 0 Å². The van der Waals surface area contributed by atoms with E-state index in [2.05, 4.69) is 33.8 Å². The minimum Gasteiger partial charge on any atom is -0.326 e. The lowest BCUT2D eigenvalue weighted by Gasteiger charge is -2.41. The SMILES string of the molecule is CC(N)C(c1ccncc1)N1CCN(CC2CC2)CC1. The Kier molecular flexibility index (Phi) is 4.34. The summed E-state index contributed by atoms with van der Waals surface area (Å²) in [6, 6.07) is 4.67. The number of hydrogen-bond acceptors (Lipinski definition) is 4. The third-order valence-corrected chi connectivity index (χ3v) is 4.56. The second-order valence-electron chi connectivity index (χ2n) is 6.36. The van der Waals surface area contributed by atoms with Crippen LogP contribution in [0.15, 0.2) is 24.5 Å². The molecule has 2 heterocycles. The van der Waals surface area contributed by atoms with Gasteiger partial charge >= 0.3 is 0 Å². The summed E-state index contributed by atoms with van der Waals surface area (Å²) in [6.45, 7) is 8.05. The Morgan fingerprint density at radius 3 is 2.40 bits per heavy atom. The van der Waals surface area contributed by atoms with Crippen molar-refractivity contribution in [3.05, 3.63) is 30.1 Å². The molecule has 20 heavy (non-hydrogen) atoms. The fraction of sp³-hybridized carbons (Fsp3) is 0.688. The summed E-state index contributed by atoms with van der Waals surface area (Å²) in [6.07, 6.45) is 6.63. The van der Waals surface area contributed by atoms with Crippen LogP contribution >= 0.6 is 0 Å². The third kappa shape index (κ3) is 3.37. The zero-order valence-electron chi connectivity index (χ0n) is 12.4. The van der Waals surface area contributed by atoms with Crippen molar-refractivity contribution in [3.8, 4) is 0 Å². The molecule has 110 valence electrons. The first-order chi connectivity index (χ1) is 9.74. The van der Waals surface area contributed by atoms with Crippen molar-refractivity contribution >= 4 is 0 Å². The van der Waals surface area contributed by atoms with Gasteiger partial charge in [0.05, 0.1) is 0 Å². The molecule has 4 nitrogen and oxygen atoms in total. The van der Waals surface area contributed by atoms with Gasteiger partial charge in [-0.05, 0) is 43.4 Å². The van der Waals surface area contributed by atoms with Gasteiger partial charge in [0.25, 0.3) is 0 Å². The molecule has 1 aliphatic carbocycles. The summed E-state index contributed by atoms with van der Waals surface area (Å²) in [5.41, 5.74) is 7.55. The number of rotatable bonds is 5. The first-order valence-electron chi connectivity index (χ1n) is 7.86. The van der Waals surface area contributed by atoms with Crippen molar-refractivity contribution in [1.29, 1.82) is 0 Å². The maximum absolute atomic E-state index is 6.25. The van der Waals surface area contributed by atoms with E-state index in [4.69, 9.17) is 5.73 Å². The van der Waals surface area contributed by atoms with Crippen LogP contribution in [0.25, 0.3) is 0 Å². The van der Waals surface area contributed by atoms with Crippen LogP contribution in [0.4, 0.5) is 0 Å². The van der Waals surface area contributed by atoms with E-state index in [1.54, 1.807) is 0 Å². The fourth-order valence-corrected chi connectivity index (χ4v) is 3.30. The van der Waals surface area contributed by atoms with E-state index in [9.17, 15) is 0 Å². The molecule has 2 fully saturated rings. The number of nitrogens with zero attached hydrogens (tertiary/aromatic N) is 3. The van der Waals surface area contributed by atoms with Gasteiger partial charge in [-0.2, -0.15) is 0 Å². The predicted molar refractivity (Wildman–Crippen MR) is 81.4 cm³/mol. The van der Waals surface area contributed by atoms with E-state index in [1.165, 1.54) is 38.0 Å². The molecule has 1 saturated heterocycles. The first kappa shape index (κ1) is 14.0. The maximum atomic E-state index is 6.25. The topological polar surface area (TPSA) is 45.4 Å². The molecule has 3 rings (SSSR count). The molecule has 2 unspecified atom stereocenters. The highest BCUT2D eigenvalue weighted by molar-refractivity contribution is 5.17. The van der Waals surface area contributed by atoms with Crippen molar-refractivity contribution in [2.45, 2.75) is 31.8 Å². The Morgan fingerprint density at radius 2 is 1.85 bits per heavy atom. The molecule has 1 aromatic rings. The Morgan fingerprint density at radius 1 is 1.20 bits per heavy atom. The smallest absolute Gasteiger partial charge is 0.0498 e. The molecule has 2 N–H and O–H groups in total. The lowest BCUT2D eigenvalue weighted by Crippen LogP contribution is -2.51. The van der Waals surface area contributed by atoms with Crippen LogP contribution in [-0.4, -0.2) is 53.5 Å². The Balaban J connectivity index is 1.61. The summed E-state index contributed by atoms with van der Waals surface area (Å²) in [5, 5.41) is 0. The number of aromatic nitrogens is 1. The van der Waals surface area contributed by atoms with Crippen LogP contribution < -0.4 is 5.73 Å².